The lowest BCUT2D eigenvalue weighted by Crippen LogP contribution is -2.32. The van der Waals surface area contributed by atoms with Crippen LogP contribution in [-0.2, 0) is 4.79 Å². The number of carbonyl (C=O) groups is 1. The first-order valence-electron chi connectivity index (χ1n) is 4.61. The van der Waals surface area contributed by atoms with Crippen molar-refractivity contribution in [2.24, 2.45) is 5.73 Å². The molecule has 1 amide bonds. The summed E-state index contributed by atoms with van der Waals surface area (Å²) in [6.07, 6.45) is 0. The van der Waals surface area contributed by atoms with E-state index >= 15 is 0 Å². The highest BCUT2D eigenvalue weighted by Gasteiger charge is 2.10. The van der Waals surface area contributed by atoms with Gasteiger partial charge in [-0.15, -0.1) is 0 Å². The maximum Gasteiger partial charge on any atom is 0.239 e. The molecule has 0 fully saturated rings. The number of nitriles is 1. The van der Waals surface area contributed by atoms with Crippen LogP contribution in [0.1, 0.15) is 18.1 Å². The minimum absolute atomic E-state index is 0.444. The zero-order chi connectivity index (χ0) is 11.4. The number of anilines is 1. The van der Waals surface area contributed by atoms with Gasteiger partial charge in [0.05, 0.1) is 11.3 Å². The summed E-state index contributed by atoms with van der Waals surface area (Å²) in [6.45, 7) is 3.58. The minimum Gasteiger partial charge on any atom is -0.373 e. The van der Waals surface area contributed by atoms with Crippen molar-refractivity contribution in [2.45, 2.75) is 19.9 Å². The predicted octanol–water partition coefficient (Wildman–Crippen LogP) is 1.15. The van der Waals surface area contributed by atoms with E-state index in [9.17, 15) is 4.79 Å². The average Bonchev–Trinajstić information content (AvgIpc) is 2.18. The third kappa shape index (κ3) is 2.71. The molecule has 0 radical (unpaired) electrons. The Balaban J connectivity index is 2.98. The SMILES string of the molecule is Cc1ccc(C#N)c(NC(C)C(N)=O)c1. The van der Waals surface area contributed by atoms with E-state index in [0.717, 1.165) is 5.56 Å². The van der Waals surface area contributed by atoms with Crippen LogP contribution < -0.4 is 11.1 Å². The van der Waals surface area contributed by atoms with Crippen LogP contribution in [0.4, 0.5) is 5.69 Å². The molecule has 1 aromatic rings. The molecule has 0 saturated heterocycles. The fourth-order valence-electron chi connectivity index (χ4n) is 1.18. The summed E-state index contributed by atoms with van der Waals surface area (Å²) in [6, 6.07) is 6.94. The van der Waals surface area contributed by atoms with Gasteiger partial charge in [0.1, 0.15) is 12.1 Å². The van der Waals surface area contributed by atoms with Crippen molar-refractivity contribution in [1.82, 2.24) is 0 Å². The molecule has 0 aliphatic heterocycles. The summed E-state index contributed by atoms with van der Waals surface area (Å²) >= 11 is 0. The van der Waals surface area contributed by atoms with Crippen molar-refractivity contribution in [3.63, 3.8) is 0 Å². The smallest absolute Gasteiger partial charge is 0.239 e. The van der Waals surface area contributed by atoms with E-state index in [1.165, 1.54) is 0 Å². The van der Waals surface area contributed by atoms with E-state index < -0.39 is 11.9 Å². The largest absolute Gasteiger partial charge is 0.373 e. The van der Waals surface area contributed by atoms with Crippen LogP contribution in [0.2, 0.25) is 0 Å². The maximum atomic E-state index is 10.9. The number of primary amides is 1. The monoisotopic (exact) mass is 203 g/mol. The molecular formula is C11H13N3O. The van der Waals surface area contributed by atoms with Crippen molar-refractivity contribution in [3.05, 3.63) is 29.3 Å². The Hall–Kier alpha value is -2.02. The lowest BCUT2D eigenvalue weighted by Gasteiger charge is -2.13. The Labute approximate surface area is 88.7 Å². The van der Waals surface area contributed by atoms with Gasteiger partial charge < -0.3 is 11.1 Å². The van der Waals surface area contributed by atoms with Crippen molar-refractivity contribution in [3.8, 4) is 6.07 Å². The number of nitrogens with zero attached hydrogens (tertiary/aromatic N) is 1. The lowest BCUT2D eigenvalue weighted by atomic mass is 10.1. The van der Waals surface area contributed by atoms with E-state index in [4.69, 9.17) is 11.0 Å². The fourth-order valence-corrected chi connectivity index (χ4v) is 1.18. The Morgan fingerprint density at radius 3 is 2.80 bits per heavy atom. The quantitative estimate of drug-likeness (QED) is 0.773. The molecule has 0 spiro atoms. The van der Waals surface area contributed by atoms with Crippen LogP contribution in [0.3, 0.4) is 0 Å². The Morgan fingerprint density at radius 1 is 1.60 bits per heavy atom. The summed E-state index contributed by atoms with van der Waals surface area (Å²) in [4.78, 5) is 10.9. The topological polar surface area (TPSA) is 78.9 Å². The second-order valence-corrected chi connectivity index (χ2v) is 3.43. The Morgan fingerprint density at radius 2 is 2.27 bits per heavy atom. The summed E-state index contributed by atoms with van der Waals surface area (Å²) in [5.41, 5.74) is 7.30. The van der Waals surface area contributed by atoms with Gasteiger partial charge in [-0.05, 0) is 31.5 Å². The van der Waals surface area contributed by atoms with Gasteiger partial charge in [-0.2, -0.15) is 5.26 Å². The predicted molar refractivity (Wildman–Crippen MR) is 58.2 cm³/mol. The van der Waals surface area contributed by atoms with Crippen molar-refractivity contribution in [1.29, 1.82) is 5.26 Å². The first kappa shape index (κ1) is 11.1. The highest BCUT2D eigenvalue weighted by Crippen LogP contribution is 2.17. The van der Waals surface area contributed by atoms with E-state index in [-0.39, 0.29) is 0 Å². The molecule has 1 unspecified atom stereocenters. The van der Waals surface area contributed by atoms with Crippen LogP contribution in [0.5, 0.6) is 0 Å². The van der Waals surface area contributed by atoms with Gasteiger partial charge in [0.15, 0.2) is 0 Å². The number of nitrogens with two attached hydrogens (primary N) is 1. The van der Waals surface area contributed by atoms with Crippen molar-refractivity contribution < 1.29 is 4.79 Å². The maximum absolute atomic E-state index is 10.9. The van der Waals surface area contributed by atoms with Gasteiger partial charge in [0, 0.05) is 0 Å². The fraction of sp³-hybridized carbons (Fsp3) is 0.273. The molecule has 0 aliphatic rings. The van der Waals surface area contributed by atoms with Crippen LogP contribution in [0, 0.1) is 18.3 Å². The number of amides is 1. The first-order chi connectivity index (χ1) is 7.04. The molecule has 4 heteroatoms. The number of aryl methyl sites for hydroxylation is 1. The lowest BCUT2D eigenvalue weighted by molar-refractivity contribution is -0.118. The Kier molecular flexibility index (Phi) is 3.29. The van der Waals surface area contributed by atoms with E-state index in [1.54, 1.807) is 13.0 Å². The second-order valence-electron chi connectivity index (χ2n) is 3.43. The molecule has 15 heavy (non-hydrogen) atoms. The van der Waals surface area contributed by atoms with Gasteiger partial charge in [-0.3, -0.25) is 4.79 Å². The molecule has 0 aliphatic carbocycles. The molecule has 3 N–H and O–H groups in total. The Bertz CT molecular complexity index is 420. The molecule has 1 rings (SSSR count). The van der Waals surface area contributed by atoms with Crippen LogP contribution in [0.15, 0.2) is 18.2 Å². The van der Waals surface area contributed by atoms with E-state index in [1.807, 2.05) is 19.1 Å². The van der Waals surface area contributed by atoms with Crippen LogP contribution in [-0.4, -0.2) is 11.9 Å². The molecule has 0 saturated carbocycles. The number of carbonyl (C=O) groups excluding carboxylic acids is 1. The molecule has 1 aromatic carbocycles. The summed E-state index contributed by atoms with van der Waals surface area (Å²) in [7, 11) is 0. The minimum atomic E-state index is -0.487. The zero-order valence-corrected chi connectivity index (χ0v) is 8.74. The first-order valence-corrected chi connectivity index (χ1v) is 4.61. The normalized spacial score (nSPS) is 11.5. The van der Waals surface area contributed by atoms with E-state index in [0.29, 0.717) is 11.3 Å². The highest BCUT2D eigenvalue weighted by molar-refractivity contribution is 5.83. The van der Waals surface area contributed by atoms with Gasteiger partial charge >= 0.3 is 0 Å². The van der Waals surface area contributed by atoms with Gasteiger partial charge in [-0.25, -0.2) is 0 Å². The standard InChI is InChI=1S/C11H13N3O/c1-7-3-4-9(6-12)10(5-7)14-8(2)11(13)15/h3-5,8,14H,1-2H3,(H2,13,15). The summed E-state index contributed by atoms with van der Waals surface area (Å²) < 4.78 is 0. The van der Waals surface area contributed by atoms with Gasteiger partial charge in [-0.1, -0.05) is 6.07 Å². The molecule has 0 bridgehead atoms. The van der Waals surface area contributed by atoms with Crippen LogP contribution >= 0.6 is 0 Å². The van der Waals surface area contributed by atoms with Crippen molar-refractivity contribution in [2.75, 3.05) is 5.32 Å². The number of benzene rings is 1. The molecule has 0 heterocycles. The number of hydrogen-bond acceptors (Lipinski definition) is 3. The molecule has 1 atom stereocenters. The van der Waals surface area contributed by atoms with E-state index in [2.05, 4.69) is 11.4 Å². The third-order valence-corrected chi connectivity index (χ3v) is 2.09. The molecule has 4 nitrogen and oxygen atoms in total. The number of rotatable bonds is 3. The molecular weight excluding hydrogens is 190 g/mol. The third-order valence-electron chi connectivity index (χ3n) is 2.09. The molecule has 78 valence electrons. The highest BCUT2D eigenvalue weighted by atomic mass is 16.1. The van der Waals surface area contributed by atoms with Gasteiger partial charge in [0.25, 0.3) is 0 Å². The van der Waals surface area contributed by atoms with Crippen LogP contribution in [0.25, 0.3) is 0 Å². The average molecular weight is 203 g/mol. The van der Waals surface area contributed by atoms with Crippen molar-refractivity contribution >= 4 is 11.6 Å². The van der Waals surface area contributed by atoms with Gasteiger partial charge in [0.2, 0.25) is 5.91 Å². The molecule has 0 aromatic heterocycles. The second kappa shape index (κ2) is 4.47. The number of nitrogens with one attached hydrogen (secondary N) is 1. The summed E-state index contributed by atoms with van der Waals surface area (Å²) in [5.74, 6) is -0.444. The summed E-state index contributed by atoms with van der Waals surface area (Å²) in [5, 5.41) is 11.8. The number of hydrogen-bond donors (Lipinski definition) is 2. The zero-order valence-electron chi connectivity index (χ0n) is 8.74.